The van der Waals surface area contributed by atoms with Crippen LogP contribution in [0.3, 0.4) is 0 Å². The van der Waals surface area contributed by atoms with Crippen LogP contribution in [0.5, 0.6) is 5.75 Å². The van der Waals surface area contributed by atoms with Gasteiger partial charge in [-0.25, -0.2) is 4.39 Å². The Bertz CT molecular complexity index is 1820. The zero-order chi connectivity index (χ0) is 41.3. The maximum absolute atomic E-state index is 16.1. The Hall–Kier alpha value is -3.88. The van der Waals surface area contributed by atoms with Gasteiger partial charge < -0.3 is 35.4 Å². The van der Waals surface area contributed by atoms with Gasteiger partial charge in [-0.2, -0.15) is 5.06 Å². The van der Waals surface area contributed by atoms with Crippen molar-refractivity contribution >= 4 is 11.8 Å². The van der Waals surface area contributed by atoms with Gasteiger partial charge in [0, 0.05) is 85.3 Å². The fourth-order valence-corrected chi connectivity index (χ4v) is 10.0. The molecule has 4 aliphatic carbocycles. The molecule has 0 radical (unpaired) electrons. The molecule has 3 saturated carbocycles. The van der Waals surface area contributed by atoms with Crippen LogP contribution in [0, 0.1) is 34.9 Å². The third-order valence-electron chi connectivity index (χ3n) is 13.3. The molecule has 4 fully saturated rings. The van der Waals surface area contributed by atoms with E-state index in [0.29, 0.717) is 42.4 Å². The summed E-state index contributed by atoms with van der Waals surface area (Å²) in [4.78, 5) is 43.0. The van der Waals surface area contributed by atoms with Crippen LogP contribution in [0.2, 0.25) is 0 Å². The predicted molar refractivity (Wildman–Crippen MR) is 216 cm³/mol. The molecule has 1 aromatic heterocycles. The van der Waals surface area contributed by atoms with E-state index >= 15 is 4.39 Å². The van der Waals surface area contributed by atoms with Crippen molar-refractivity contribution in [3.05, 3.63) is 82.6 Å². The third-order valence-corrected chi connectivity index (χ3v) is 13.3. The number of pyridine rings is 1. The minimum absolute atomic E-state index is 0.0369. The zero-order valence-electron chi connectivity index (χ0n) is 35.0. The average molecular weight is 791 g/mol. The summed E-state index contributed by atoms with van der Waals surface area (Å²) < 4.78 is 22.1. The first-order valence-electron chi connectivity index (χ1n) is 20.4. The van der Waals surface area contributed by atoms with Gasteiger partial charge in [0.1, 0.15) is 23.7 Å². The summed E-state index contributed by atoms with van der Waals surface area (Å²) in [5.41, 5.74) is 3.36. The molecule has 2 bridgehead atoms. The Morgan fingerprint density at radius 1 is 1.16 bits per heavy atom. The number of methoxy groups -OCH3 is 1. The van der Waals surface area contributed by atoms with Gasteiger partial charge in [0.15, 0.2) is 0 Å². The molecule has 57 heavy (non-hydrogen) atoms. The lowest BCUT2D eigenvalue weighted by molar-refractivity contribution is -0.183. The summed E-state index contributed by atoms with van der Waals surface area (Å²) in [6.07, 6.45) is 6.79. The predicted octanol–water partition coefficient (Wildman–Crippen LogP) is 4.04. The highest BCUT2D eigenvalue weighted by Crippen LogP contribution is 2.61. The molecule has 7 rings (SSSR count). The topological polar surface area (TPSA) is 140 Å². The lowest BCUT2D eigenvalue weighted by Gasteiger charge is -2.62. The molecule has 1 saturated heterocycles. The largest absolute Gasteiger partial charge is 0.496 e. The number of nitrogens with one attached hydrogen (secondary N) is 2. The van der Waals surface area contributed by atoms with Gasteiger partial charge in [-0.15, -0.1) is 0 Å². The smallest absolute Gasteiger partial charge is 0.251 e. The van der Waals surface area contributed by atoms with Crippen LogP contribution in [-0.4, -0.2) is 121 Å². The van der Waals surface area contributed by atoms with Crippen molar-refractivity contribution in [3.8, 4) is 5.75 Å². The highest BCUT2D eigenvalue weighted by atomic mass is 19.1. The fraction of sp³-hybridized carbons (Fsp3) is 0.614. The van der Waals surface area contributed by atoms with Gasteiger partial charge in [-0.05, 0) is 87.7 Å². The summed E-state index contributed by atoms with van der Waals surface area (Å²) >= 11 is 0. The molecule has 0 spiro atoms. The third kappa shape index (κ3) is 8.92. The van der Waals surface area contributed by atoms with E-state index in [1.54, 1.807) is 19.2 Å². The minimum atomic E-state index is -0.997. The number of ether oxygens (including phenoxy) is 1. The van der Waals surface area contributed by atoms with E-state index in [1.807, 2.05) is 68.3 Å². The van der Waals surface area contributed by atoms with Crippen LogP contribution in [0.1, 0.15) is 69.7 Å². The number of likely N-dealkylation sites (N-methyl/N-ethyl adjacent to an activating group) is 1. The number of halogens is 1. The van der Waals surface area contributed by atoms with E-state index in [2.05, 4.69) is 36.4 Å². The molecular formula is C44H63FN6O6. The summed E-state index contributed by atoms with van der Waals surface area (Å²) in [6, 6.07) is 7.58. The Labute approximate surface area is 337 Å². The van der Waals surface area contributed by atoms with Gasteiger partial charge in [-0.3, -0.25) is 19.4 Å². The summed E-state index contributed by atoms with van der Waals surface area (Å²) in [5, 5.41) is 29.2. The van der Waals surface area contributed by atoms with Gasteiger partial charge >= 0.3 is 0 Å². The first kappa shape index (κ1) is 42.7. The quantitative estimate of drug-likeness (QED) is 0.209. The number of hydroxylamine groups is 2. The summed E-state index contributed by atoms with van der Waals surface area (Å²) in [6.45, 7) is 8.40. The van der Waals surface area contributed by atoms with Crippen molar-refractivity contribution in [3.63, 3.8) is 0 Å². The number of allylic oxidation sites excluding steroid dienone is 2. The van der Waals surface area contributed by atoms with E-state index in [-0.39, 0.29) is 59.0 Å². The molecule has 312 valence electrons. The molecule has 1 aromatic carbocycles. The molecule has 13 heteroatoms. The second kappa shape index (κ2) is 17.5. The number of amides is 2. The normalized spacial score (nSPS) is 29.1. The SMILES string of the molecule is COc1c(C2C=C(C(=O)NC(Cc3ccccn3)CN(C)C)C=C(N(C)C)C2)ccc(F)c1CN1O[C@@H](CO)[C@@H]([C@H](C)O)[C@H]1C(=O)N[C@H]1C[C@H]2C[C@@H]([C@@H]1C)C2(C)C. The van der Waals surface area contributed by atoms with Gasteiger partial charge in [-0.1, -0.05) is 39.0 Å². The molecule has 2 amide bonds. The average Bonchev–Trinajstić information content (AvgIpc) is 3.54. The summed E-state index contributed by atoms with van der Waals surface area (Å²) in [5.74, 6) is -0.633. The Morgan fingerprint density at radius 2 is 1.91 bits per heavy atom. The lowest BCUT2D eigenvalue weighted by atomic mass is 9.45. The number of carbonyl (C=O) groups is 2. The standard InChI is InChI=1S/C44H63FN6O6/c1-25-35-19-29(44(35,3)4)20-37(25)48-43(55)40-39(26(2)53)38(24-52)57-51(40)23-34-36(45)14-13-33(41(34)56-9)27-16-28(18-32(17-27)50(7)8)42(54)47-31(22-49(5)6)21-30-12-10-11-15-46-30/h10-16,18,25-27,29,31,35,37-40,52-53H,17,19-24H2,1-9H3,(H,47,54)(H,48,55)/t25-,26-,27?,29+,31?,35-,37-,38-,39+,40-/m0/s1. The number of aliphatic hydroxyl groups is 2. The van der Waals surface area contributed by atoms with Crippen molar-refractivity contribution in [2.24, 2.45) is 29.1 Å². The summed E-state index contributed by atoms with van der Waals surface area (Å²) in [7, 11) is 9.27. The fourth-order valence-electron chi connectivity index (χ4n) is 10.0. The monoisotopic (exact) mass is 790 g/mol. The Balaban J connectivity index is 1.28. The van der Waals surface area contributed by atoms with E-state index < -0.39 is 36.6 Å². The van der Waals surface area contributed by atoms with Crippen molar-refractivity contribution in [1.82, 2.24) is 30.5 Å². The number of hydrogen-bond donors (Lipinski definition) is 4. The van der Waals surface area contributed by atoms with Crippen LogP contribution in [0.25, 0.3) is 0 Å². The lowest BCUT2D eigenvalue weighted by Crippen LogP contribution is -2.62. The molecule has 12 nitrogen and oxygen atoms in total. The molecule has 2 heterocycles. The second-order valence-electron chi connectivity index (χ2n) is 17.8. The molecule has 2 aromatic rings. The van der Waals surface area contributed by atoms with E-state index in [4.69, 9.17) is 9.57 Å². The Kier molecular flexibility index (Phi) is 13.1. The van der Waals surface area contributed by atoms with Crippen LogP contribution >= 0.6 is 0 Å². The number of benzene rings is 1. The number of aromatic nitrogens is 1. The molecule has 10 atom stereocenters. The van der Waals surface area contributed by atoms with E-state index in [9.17, 15) is 19.8 Å². The highest BCUT2D eigenvalue weighted by Gasteiger charge is 2.57. The van der Waals surface area contributed by atoms with Crippen LogP contribution < -0.4 is 15.4 Å². The molecule has 2 unspecified atom stereocenters. The second-order valence-corrected chi connectivity index (χ2v) is 17.8. The molecule has 5 aliphatic rings. The van der Waals surface area contributed by atoms with E-state index in [1.165, 1.54) is 18.2 Å². The number of carbonyl (C=O) groups excluding carboxylic acids is 2. The maximum atomic E-state index is 16.1. The molecule has 1 aliphatic heterocycles. The minimum Gasteiger partial charge on any atom is -0.496 e. The van der Waals surface area contributed by atoms with Crippen molar-refractivity contribution < 1.29 is 33.8 Å². The number of rotatable bonds is 15. The van der Waals surface area contributed by atoms with Gasteiger partial charge in [0.2, 0.25) is 5.91 Å². The molecule has 4 N–H and O–H groups in total. The van der Waals surface area contributed by atoms with Crippen LogP contribution in [0.4, 0.5) is 4.39 Å². The van der Waals surface area contributed by atoms with E-state index in [0.717, 1.165) is 24.2 Å². The van der Waals surface area contributed by atoms with Crippen LogP contribution in [-0.2, 0) is 27.4 Å². The first-order chi connectivity index (χ1) is 27.0. The zero-order valence-corrected chi connectivity index (χ0v) is 35.0. The number of fused-ring (bicyclic) bond motifs is 2. The maximum Gasteiger partial charge on any atom is 0.251 e. The first-order valence-corrected chi connectivity index (χ1v) is 20.4. The number of aliphatic hydroxyl groups excluding tert-OH is 2. The van der Waals surface area contributed by atoms with Crippen molar-refractivity contribution in [1.29, 1.82) is 0 Å². The molecular weight excluding hydrogens is 728 g/mol. The Morgan fingerprint density at radius 3 is 2.51 bits per heavy atom. The van der Waals surface area contributed by atoms with Crippen molar-refractivity contribution in [2.75, 3.05) is 48.5 Å². The number of hydrogen-bond acceptors (Lipinski definition) is 10. The van der Waals surface area contributed by atoms with Crippen molar-refractivity contribution in [2.45, 2.75) is 96.2 Å². The number of nitrogens with zero attached hydrogens (tertiary/aromatic N) is 4. The van der Waals surface area contributed by atoms with Gasteiger partial charge in [0.25, 0.3) is 5.91 Å². The van der Waals surface area contributed by atoms with Gasteiger partial charge in [0.05, 0.1) is 26.4 Å². The highest BCUT2D eigenvalue weighted by molar-refractivity contribution is 5.97. The van der Waals surface area contributed by atoms with Crippen LogP contribution in [0.15, 0.2) is 60.0 Å².